The molecule has 200 valence electrons. The first-order valence-electron chi connectivity index (χ1n) is 14.0. The number of hydrogen-bond donors (Lipinski definition) is 0. The van der Waals surface area contributed by atoms with Crippen LogP contribution in [0.5, 0.6) is 0 Å². The van der Waals surface area contributed by atoms with Crippen molar-refractivity contribution in [3.05, 3.63) is 0 Å². The molecule has 0 atom stereocenters. The van der Waals surface area contributed by atoms with Gasteiger partial charge in [0.25, 0.3) is 0 Å². The Morgan fingerprint density at radius 1 is 0.576 bits per heavy atom. The van der Waals surface area contributed by atoms with Crippen LogP contribution in [0.4, 0.5) is 0 Å². The van der Waals surface area contributed by atoms with E-state index in [1.807, 2.05) is 13.8 Å². The lowest BCUT2D eigenvalue weighted by Crippen LogP contribution is -2.47. The number of rotatable bonds is 14. The van der Waals surface area contributed by atoms with Gasteiger partial charge in [-0.05, 0) is 38.3 Å². The van der Waals surface area contributed by atoms with E-state index in [2.05, 4.69) is 40.4 Å². The second-order valence-corrected chi connectivity index (χ2v) is 9.60. The van der Waals surface area contributed by atoms with E-state index in [1.54, 1.807) is 14.2 Å². The summed E-state index contributed by atoms with van der Waals surface area (Å²) in [5.74, 6) is 0.850. The Morgan fingerprint density at radius 2 is 0.939 bits per heavy atom. The molecule has 0 saturated carbocycles. The van der Waals surface area contributed by atoms with Gasteiger partial charge in [0.15, 0.2) is 0 Å². The monoisotopic (exact) mass is 472 g/mol. The highest BCUT2D eigenvalue weighted by Crippen LogP contribution is 2.07. The highest BCUT2D eigenvalue weighted by atomic mass is 16.5. The summed E-state index contributed by atoms with van der Waals surface area (Å²) in [6, 6.07) is 0. The highest BCUT2D eigenvalue weighted by Gasteiger charge is 2.16. The quantitative estimate of drug-likeness (QED) is 0.353. The third-order valence-corrected chi connectivity index (χ3v) is 6.49. The zero-order valence-electron chi connectivity index (χ0n) is 23.6. The van der Waals surface area contributed by atoms with Crippen LogP contribution >= 0.6 is 0 Å². The first-order valence-corrected chi connectivity index (χ1v) is 14.0. The number of nitrogens with zero attached hydrogens (tertiary/aromatic N) is 4. The lowest BCUT2D eigenvalue weighted by Gasteiger charge is -2.34. The molecule has 33 heavy (non-hydrogen) atoms. The Bertz CT molecular complexity index is 382. The van der Waals surface area contributed by atoms with Gasteiger partial charge in [-0.3, -0.25) is 9.80 Å². The average molecular weight is 473 g/mol. The first kappa shape index (κ1) is 32.8. The van der Waals surface area contributed by atoms with Crippen LogP contribution in [-0.2, 0) is 9.47 Å². The van der Waals surface area contributed by atoms with E-state index in [0.717, 1.165) is 32.2 Å². The minimum Gasteiger partial charge on any atom is -0.383 e. The number of piperazine rings is 2. The van der Waals surface area contributed by atoms with Gasteiger partial charge in [0, 0.05) is 79.7 Å². The summed E-state index contributed by atoms with van der Waals surface area (Å²) >= 11 is 0. The van der Waals surface area contributed by atoms with E-state index in [0.29, 0.717) is 0 Å². The molecule has 2 aliphatic rings. The summed E-state index contributed by atoms with van der Waals surface area (Å²) in [6.45, 7) is 27.2. The molecule has 0 bridgehead atoms. The molecule has 0 radical (unpaired) electrons. The summed E-state index contributed by atoms with van der Waals surface area (Å²) in [6.07, 6.45) is 6.80. The van der Waals surface area contributed by atoms with Crippen molar-refractivity contribution >= 4 is 0 Å². The lowest BCUT2D eigenvalue weighted by molar-refractivity contribution is 0.0957. The van der Waals surface area contributed by atoms with Crippen molar-refractivity contribution in [3.63, 3.8) is 0 Å². The number of ether oxygens (including phenoxy) is 2. The molecule has 0 amide bonds. The van der Waals surface area contributed by atoms with Gasteiger partial charge < -0.3 is 19.3 Å². The van der Waals surface area contributed by atoms with E-state index in [1.165, 1.54) is 97.6 Å². The zero-order valence-corrected chi connectivity index (χ0v) is 23.6. The standard InChI is InChI=1S/C13H28N2O.C12H26N2O.C2H6/c1-13(2)5-4-6-14-7-9-15(10-8-14)11-12-16-3;1-3-4-5-6-13-7-9-14(10-8-13)11-12-15-2;1-2/h13H,4-12H2,1-3H3;3-12H2,1-2H3;1-2H3. The van der Waals surface area contributed by atoms with E-state index in [-0.39, 0.29) is 0 Å². The van der Waals surface area contributed by atoms with Crippen LogP contribution in [0.2, 0.25) is 0 Å². The van der Waals surface area contributed by atoms with Gasteiger partial charge in [-0.2, -0.15) is 0 Å². The molecular formula is C27H60N4O2. The van der Waals surface area contributed by atoms with E-state index in [4.69, 9.17) is 9.47 Å². The summed E-state index contributed by atoms with van der Waals surface area (Å²) in [5, 5.41) is 0. The van der Waals surface area contributed by atoms with Crippen LogP contribution in [0.1, 0.15) is 66.7 Å². The Morgan fingerprint density at radius 3 is 1.27 bits per heavy atom. The fourth-order valence-electron chi connectivity index (χ4n) is 4.22. The third-order valence-electron chi connectivity index (χ3n) is 6.49. The molecule has 0 N–H and O–H groups in total. The van der Waals surface area contributed by atoms with Crippen LogP contribution in [-0.4, -0.2) is 126 Å². The molecule has 2 rings (SSSR count). The largest absolute Gasteiger partial charge is 0.383 e. The zero-order chi connectivity index (χ0) is 24.7. The maximum Gasteiger partial charge on any atom is 0.0589 e. The number of methoxy groups -OCH3 is 2. The topological polar surface area (TPSA) is 31.4 Å². The molecule has 0 aromatic rings. The molecule has 0 aromatic heterocycles. The third kappa shape index (κ3) is 18.7. The highest BCUT2D eigenvalue weighted by molar-refractivity contribution is 4.72. The minimum absolute atomic E-state index is 0.850. The van der Waals surface area contributed by atoms with Gasteiger partial charge in [0.2, 0.25) is 0 Å². The summed E-state index contributed by atoms with van der Waals surface area (Å²) in [7, 11) is 3.56. The van der Waals surface area contributed by atoms with Crippen molar-refractivity contribution in [1.29, 1.82) is 0 Å². The fraction of sp³-hybridized carbons (Fsp3) is 1.00. The second kappa shape index (κ2) is 23.5. The summed E-state index contributed by atoms with van der Waals surface area (Å²) in [4.78, 5) is 10.2. The van der Waals surface area contributed by atoms with Crippen molar-refractivity contribution in [1.82, 2.24) is 19.6 Å². The van der Waals surface area contributed by atoms with E-state index >= 15 is 0 Å². The molecule has 0 unspecified atom stereocenters. The Kier molecular flexibility index (Phi) is 23.3. The average Bonchev–Trinajstić information content (AvgIpc) is 2.85. The van der Waals surface area contributed by atoms with Crippen LogP contribution in [0, 0.1) is 5.92 Å². The normalized spacial score (nSPS) is 18.5. The Labute approximate surface area is 207 Å². The van der Waals surface area contributed by atoms with Crippen molar-refractivity contribution < 1.29 is 9.47 Å². The maximum atomic E-state index is 5.11. The number of unbranched alkanes of at least 4 members (excludes halogenated alkanes) is 2. The van der Waals surface area contributed by atoms with Crippen LogP contribution in [0.25, 0.3) is 0 Å². The maximum absolute atomic E-state index is 5.11. The van der Waals surface area contributed by atoms with Crippen LogP contribution in [0.15, 0.2) is 0 Å². The Balaban J connectivity index is 0.000000578. The summed E-state index contributed by atoms with van der Waals surface area (Å²) < 4.78 is 10.2. The first-order chi connectivity index (χ1) is 16.1. The lowest BCUT2D eigenvalue weighted by atomic mass is 10.1. The molecule has 6 heteroatoms. The number of hydrogen-bond acceptors (Lipinski definition) is 6. The molecular weight excluding hydrogens is 412 g/mol. The Hall–Kier alpha value is -0.240. The smallest absolute Gasteiger partial charge is 0.0589 e. The molecule has 6 nitrogen and oxygen atoms in total. The minimum atomic E-state index is 0.850. The van der Waals surface area contributed by atoms with Crippen molar-refractivity contribution in [2.75, 3.05) is 106 Å². The van der Waals surface area contributed by atoms with E-state index in [9.17, 15) is 0 Å². The van der Waals surface area contributed by atoms with Crippen LogP contribution in [0.3, 0.4) is 0 Å². The second-order valence-electron chi connectivity index (χ2n) is 9.60. The molecule has 0 aliphatic carbocycles. The van der Waals surface area contributed by atoms with Gasteiger partial charge >= 0.3 is 0 Å². The fourth-order valence-corrected chi connectivity index (χ4v) is 4.22. The predicted molar refractivity (Wildman–Crippen MR) is 144 cm³/mol. The van der Waals surface area contributed by atoms with Gasteiger partial charge in [0.05, 0.1) is 13.2 Å². The van der Waals surface area contributed by atoms with Crippen molar-refractivity contribution in [3.8, 4) is 0 Å². The molecule has 0 aromatic carbocycles. The van der Waals surface area contributed by atoms with Gasteiger partial charge in [-0.1, -0.05) is 47.5 Å². The van der Waals surface area contributed by atoms with Gasteiger partial charge in [-0.15, -0.1) is 0 Å². The van der Waals surface area contributed by atoms with Gasteiger partial charge in [-0.25, -0.2) is 0 Å². The van der Waals surface area contributed by atoms with Crippen molar-refractivity contribution in [2.24, 2.45) is 5.92 Å². The summed E-state index contributed by atoms with van der Waals surface area (Å²) in [5.41, 5.74) is 0. The van der Waals surface area contributed by atoms with E-state index < -0.39 is 0 Å². The molecule has 2 fully saturated rings. The molecule has 0 spiro atoms. The van der Waals surface area contributed by atoms with Gasteiger partial charge in [0.1, 0.15) is 0 Å². The molecule has 2 heterocycles. The SMILES string of the molecule is CC.CCCCCN1CCN(CCOC)CC1.COCCN1CCN(CCCC(C)C)CC1. The van der Waals surface area contributed by atoms with Crippen molar-refractivity contribution in [2.45, 2.75) is 66.7 Å². The predicted octanol–water partition coefficient (Wildman–Crippen LogP) is 4.15. The van der Waals surface area contributed by atoms with Crippen LogP contribution < -0.4 is 0 Å². The molecule has 2 saturated heterocycles. The molecule has 2 aliphatic heterocycles.